The minimum Gasteiger partial charge on any atom is -0.352 e. The average molecular weight is 327 g/mol. The summed E-state index contributed by atoms with van der Waals surface area (Å²) in [5, 5.41) is 11.9. The Bertz CT molecular complexity index is 880. The van der Waals surface area contributed by atoms with E-state index in [2.05, 4.69) is 27.5 Å². The maximum Gasteiger partial charge on any atom is 0.258 e. The van der Waals surface area contributed by atoms with Crippen LogP contribution in [0.2, 0.25) is 0 Å². The molecule has 0 aliphatic carbocycles. The van der Waals surface area contributed by atoms with Crippen LogP contribution in [0.15, 0.2) is 22.9 Å². The van der Waals surface area contributed by atoms with Crippen molar-refractivity contribution >= 4 is 17.0 Å². The summed E-state index contributed by atoms with van der Waals surface area (Å²) in [4.78, 5) is 16.9. The number of aromatic nitrogens is 4. The van der Waals surface area contributed by atoms with E-state index in [1.807, 2.05) is 37.7 Å². The topological polar surface area (TPSA) is 85.8 Å². The number of aryl methyl sites for hydroxylation is 3. The van der Waals surface area contributed by atoms with Crippen LogP contribution in [0.25, 0.3) is 11.1 Å². The Balaban J connectivity index is 1.70. The number of amides is 1. The fourth-order valence-electron chi connectivity index (χ4n) is 2.71. The maximum atomic E-state index is 12.6. The highest BCUT2D eigenvalue weighted by Crippen LogP contribution is 2.21. The molecule has 0 saturated heterocycles. The molecule has 0 bridgehead atoms. The van der Waals surface area contributed by atoms with Crippen molar-refractivity contribution in [2.75, 3.05) is 6.54 Å². The molecule has 1 N–H and O–H groups in total. The van der Waals surface area contributed by atoms with E-state index < -0.39 is 0 Å². The number of fused-ring (bicyclic) bond motifs is 1. The molecule has 126 valence electrons. The molecule has 0 unspecified atom stereocenters. The molecule has 3 aromatic heterocycles. The molecule has 24 heavy (non-hydrogen) atoms. The summed E-state index contributed by atoms with van der Waals surface area (Å²) in [5.74, 6) is 0.121. The van der Waals surface area contributed by atoms with Crippen molar-refractivity contribution in [2.24, 2.45) is 5.92 Å². The van der Waals surface area contributed by atoms with E-state index in [9.17, 15) is 4.79 Å². The molecule has 0 spiro atoms. The lowest BCUT2D eigenvalue weighted by Crippen LogP contribution is -2.30. The van der Waals surface area contributed by atoms with Crippen molar-refractivity contribution in [3.63, 3.8) is 0 Å². The van der Waals surface area contributed by atoms with Gasteiger partial charge >= 0.3 is 0 Å². The summed E-state index contributed by atoms with van der Waals surface area (Å²) in [5.41, 5.74) is 3.34. The quantitative estimate of drug-likeness (QED) is 0.778. The number of nitrogens with zero attached hydrogens (tertiary/aromatic N) is 4. The van der Waals surface area contributed by atoms with Gasteiger partial charge in [0.2, 0.25) is 0 Å². The zero-order valence-corrected chi connectivity index (χ0v) is 14.3. The number of hydrogen-bond donors (Lipinski definition) is 1. The van der Waals surface area contributed by atoms with Crippen LogP contribution < -0.4 is 5.32 Å². The minimum absolute atomic E-state index is 0.139. The SMILES string of the molecule is Cc1cc(C(=O)NC[C@H](C)Cn2ccc(C)n2)c2c(C)noc2n1. The normalized spacial score (nSPS) is 12.5. The molecular formula is C17H21N5O2. The Morgan fingerprint density at radius 1 is 1.33 bits per heavy atom. The van der Waals surface area contributed by atoms with Gasteiger partial charge in [0.05, 0.1) is 22.3 Å². The van der Waals surface area contributed by atoms with Crippen molar-refractivity contribution in [1.82, 2.24) is 25.2 Å². The van der Waals surface area contributed by atoms with Gasteiger partial charge in [0.1, 0.15) is 0 Å². The molecule has 3 aromatic rings. The third kappa shape index (κ3) is 3.29. The van der Waals surface area contributed by atoms with E-state index in [0.717, 1.165) is 17.9 Å². The highest BCUT2D eigenvalue weighted by Gasteiger charge is 2.18. The van der Waals surface area contributed by atoms with Crippen molar-refractivity contribution in [3.05, 3.63) is 41.0 Å². The molecular weight excluding hydrogens is 306 g/mol. The lowest BCUT2D eigenvalue weighted by atomic mass is 10.1. The second-order valence-corrected chi connectivity index (χ2v) is 6.25. The Morgan fingerprint density at radius 3 is 2.83 bits per heavy atom. The molecule has 7 nitrogen and oxygen atoms in total. The molecule has 0 aliphatic rings. The number of hydrogen-bond acceptors (Lipinski definition) is 5. The summed E-state index contributed by atoms with van der Waals surface area (Å²) >= 11 is 0. The predicted molar refractivity (Wildman–Crippen MR) is 89.7 cm³/mol. The van der Waals surface area contributed by atoms with Gasteiger partial charge in [0.25, 0.3) is 11.6 Å². The van der Waals surface area contributed by atoms with Gasteiger partial charge < -0.3 is 9.84 Å². The van der Waals surface area contributed by atoms with Gasteiger partial charge in [-0.2, -0.15) is 5.10 Å². The standard InChI is InChI=1S/C17H21N5O2/c1-10(9-22-6-5-11(2)20-22)8-18-16(23)14-7-12(3)19-17-15(14)13(4)21-24-17/h5-7,10H,8-9H2,1-4H3,(H,18,23)/t10-/m0/s1. The first-order valence-corrected chi connectivity index (χ1v) is 7.96. The number of carbonyl (C=O) groups excluding carboxylic acids is 1. The fourth-order valence-corrected chi connectivity index (χ4v) is 2.71. The summed E-state index contributed by atoms with van der Waals surface area (Å²) in [7, 11) is 0. The van der Waals surface area contributed by atoms with E-state index in [-0.39, 0.29) is 11.8 Å². The molecule has 0 fully saturated rings. The fraction of sp³-hybridized carbons (Fsp3) is 0.412. The summed E-state index contributed by atoms with van der Waals surface area (Å²) in [6.45, 7) is 8.99. The van der Waals surface area contributed by atoms with E-state index in [0.29, 0.717) is 28.9 Å². The highest BCUT2D eigenvalue weighted by atomic mass is 16.5. The van der Waals surface area contributed by atoms with Crippen LogP contribution in [0.3, 0.4) is 0 Å². The summed E-state index contributed by atoms with van der Waals surface area (Å²) in [6.07, 6.45) is 1.95. The molecule has 0 saturated carbocycles. The van der Waals surface area contributed by atoms with Gasteiger partial charge in [0, 0.05) is 25.0 Å². The lowest BCUT2D eigenvalue weighted by Gasteiger charge is -2.13. The summed E-state index contributed by atoms with van der Waals surface area (Å²) in [6, 6.07) is 3.74. The number of rotatable bonds is 5. The molecule has 3 heterocycles. The van der Waals surface area contributed by atoms with Crippen molar-refractivity contribution in [2.45, 2.75) is 34.2 Å². The molecule has 0 aromatic carbocycles. The molecule has 0 radical (unpaired) electrons. The third-order valence-corrected chi connectivity index (χ3v) is 3.87. The van der Waals surface area contributed by atoms with Gasteiger partial charge in [-0.3, -0.25) is 9.48 Å². The number of nitrogens with one attached hydrogen (secondary N) is 1. The third-order valence-electron chi connectivity index (χ3n) is 3.87. The van der Waals surface area contributed by atoms with E-state index >= 15 is 0 Å². The molecule has 1 atom stereocenters. The summed E-state index contributed by atoms with van der Waals surface area (Å²) < 4.78 is 7.07. The first kappa shape index (κ1) is 16.2. The van der Waals surface area contributed by atoms with Crippen molar-refractivity contribution in [3.8, 4) is 0 Å². The Kier molecular flexibility index (Phi) is 4.33. The Hall–Kier alpha value is -2.70. The Morgan fingerprint density at radius 2 is 2.12 bits per heavy atom. The van der Waals surface area contributed by atoms with Gasteiger partial charge in [0.15, 0.2) is 0 Å². The lowest BCUT2D eigenvalue weighted by molar-refractivity contribution is 0.0948. The van der Waals surface area contributed by atoms with Crippen LogP contribution in [0.1, 0.15) is 34.4 Å². The van der Waals surface area contributed by atoms with Gasteiger partial charge in [-0.25, -0.2) is 4.98 Å². The zero-order valence-electron chi connectivity index (χ0n) is 14.3. The van der Waals surface area contributed by atoms with E-state index in [1.165, 1.54) is 0 Å². The van der Waals surface area contributed by atoms with Gasteiger partial charge in [-0.1, -0.05) is 12.1 Å². The smallest absolute Gasteiger partial charge is 0.258 e. The predicted octanol–water partition coefficient (Wildman–Crippen LogP) is 2.41. The second-order valence-electron chi connectivity index (χ2n) is 6.25. The monoisotopic (exact) mass is 327 g/mol. The molecule has 1 amide bonds. The largest absolute Gasteiger partial charge is 0.352 e. The van der Waals surface area contributed by atoms with E-state index in [4.69, 9.17) is 4.52 Å². The van der Waals surface area contributed by atoms with Crippen LogP contribution >= 0.6 is 0 Å². The molecule has 7 heteroatoms. The van der Waals surface area contributed by atoms with Crippen LogP contribution in [0.5, 0.6) is 0 Å². The van der Waals surface area contributed by atoms with E-state index in [1.54, 1.807) is 6.07 Å². The second kappa shape index (κ2) is 6.43. The molecule has 0 aliphatic heterocycles. The van der Waals surface area contributed by atoms with Crippen LogP contribution in [-0.2, 0) is 6.54 Å². The maximum absolute atomic E-state index is 12.6. The minimum atomic E-state index is -0.139. The van der Waals surface area contributed by atoms with Crippen molar-refractivity contribution < 1.29 is 9.32 Å². The van der Waals surface area contributed by atoms with Crippen LogP contribution in [-0.4, -0.2) is 32.4 Å². The van der Waals surface area contributed by atoms with Crippen LogP contribution in [0, 0.1) is 26.7 Å². The molecule has 3 rings (SSSR count). The first-order valence-electron chi connectivity index (χ1n) is 7.96. The first-order chi connectivity index (χ1) is 11.4. The Labute approximate surface area is 140 Å². The van der Waals surface area contributed by atoms with Crippen molar-refractivity contribution in [1.29, 1.82) is 0 Å². The zero-order chi connectivity index (χ0) is 17.3. The van der Waals surface area contributed by atoms with Crippen LogP contribution in [0.4, 0.5) is 0 Å². The number of pyridine rings is 1. The van der Waals surface area contributed by atoms with Gasteiger partial charge in [-0.15, -0.1) is 0 Å². The number of carbonyl (C=O) groups is 1. The highest BCUT2D eigenvalue weighted by molar-refractivity contribution is 6.06. The average Bonchev–Trinajstić information content (AvgIpc) is 3.10. The van der Waals surface area contributed by atoms with Gasteiger partial charge in [-0.05, 0) is 38.8 Å².